The van der Waals surface area contributed by atoms with Crippen LogP contribution in [-0.4, -0.2) is 58.7 Å². The van der Waals surface area contributed by atoms with Crippen LogP contribution < -0.4 is 4.90 Å². The molecule has 2 aliphatic rings. The molecule has 0 atom stereocenters. The number of piperazine rings is 1. The van der Waals surface area contributed by atoms with E-state index in [2.05, 4.69) is 19.8 Å². The van der Waals surface area contributed by atoms with E-state index >= 15 is 0 Å². The third kappa shape index (κ3) is 2.90. The normalized spacial score (nSPS) is 20.1. The van der Waals surface area contributed by atoms with Crippen molar-refractivity contribution in [3.63, 3.8) is 0 Å². The second kappa shape index (κ2) is 5.36. The van der Waals surface area contributed by atoms with Crippen molar-refractivity contribution in [1.82, 2.24) is 14.9 Å². The number of aromatic nitrogens is 2. The minimum atomic E-state index is -0.969. The van der Waals surface area contributed by atoms with E-state index in [1.807, 2.05) is 0 Å². The monoisotopic (exact) mass is 276 g/mol. The highest BCUT2D eigenvalue weighted by Crippen LogP contribution is 2.30. The summed E-state index contributed by atoms with van der Waals surface area (Å²) in [6.07, 6.45) is 4.19. The van der Waals surface area contributed by atoms with Crippen LogP contribution in [0.4, 0.5) is 5.95 Å². The summed E-state index contributed by atoms with van der Waals surface area (Å²) in [5.41, 5.74) is 0.712. The van der Waals surface area contributed by atoms with Crippen LogP contribution in [0, 0.1) is 12.8 Å². The van der Waals surface area contributed by atoms with Crippen molar-refractivity contribution in [3.05, 3.63) is 17.5 Å². The highest BCUT2D eigenvalue weighted by molar-refractivity contribution is 5.88. The van der Waals surface area contributed by atoms with Crippen molar-refractivity contribution in [2.75, 3.05) is 37.6 Å². The van der Waals surface area contributed by atoms with Gasteiger partial charge in [0.2, 0.25) is 5.95 Å². The molecule has 1 aliphatic heterocycles. The summed E-state index contributed by atoms with van der Waals surface area (Å²) in [5.74, 6) is 0.608. The van der Waals surface area contributed by atoms with Crippen LogP contribution in [0.2, 0.25) is 0 Å². The van der Waals surface area contributed by atoms with Crippen molar-refractivity contribution in [2.24, 2.45) is 5.92 Å². The van der Waals surface area contributed by atoms with Gasteiger partial charge in [-0.25, -0.2) is 14.8 Å². The zero-order chi connectivity index (χ0) is 14.1. The number of carbonyl (C=O) groups is 1. The number of carboxylic acid groups (broad SMARTS) is 1. The molecule has 20 heavy (non-hydrogen) atoms. The molecule has 6 heteroatoms. The highest BCUT2D eigenvalue weighted by atomic mass is 16.4. The summed E-state index contributed by atoms with van der Waals surface area (Å²) in [6.45, 7) is 6.86. The van der Waals surface area contributed by atoms with E-state index < -0.39 is 5.97 Å². The molecule has 1 saturated carbocycles. The Bertz CT molecular complexity index is 508. The van der Waals surface area contributed by atoms with E-state index in [1.165, 1.54) is 25.6 Å². The molecule has 1 aliphatic carbocycles. The lowest BCUT2D eigenvalue weighted by Crippen LogP contribution is -2.47. The Balaban J connectivity index is 1.62. The van der Waals surface area contributed by atoms with Gasteiger partial charge in [-0.1, -0.05) is 0 Å². The van der Waals surface area contributed by atoms with Gasteiger partial charge in [0.25, 0.3) is 0 Å². The Morgan fingerprint density at radius 3 is 2.60 bits per heavy atom. The molecule has 108 valence electrons. The zero-order valence-corrected chi connectivity index (χ0v) is 11.7. The first-order valence-corrected chi connectivity index (χ1v) is 7.17. The first-order valence-electron chi connectivity index (χ1n) is 7.17. The van der Waals surface area contributed by atoms with Crippen molar-refractivity contribution in [2.45, 2.75) is 19.8 Å². The largest absolute Gasteiger partial charge is 0.478 e. The molecule has 0 bridgehead atoms. The second-order valence-electron chi connectivity index (χ2n) is 5.71. The van der Waals surface area contributed by atoms with Gasteiger partial charge in [-0.3, -0.25) is 4.90 Å². The quantitative estimate of drug-likeness (QED) is 0.885. The maximum Gasteiger partial charge on any atom is 0.339 e. The maximum absolute atomic E-state index is 11.0. The molecule has 2 heterocycles. The van der Waals surface area contributed by atoms with E-state index in [0.717, 1.165) is 32.1 Å². The average Bonchev–Trinajstić information content (AvgIpc) is 3.23. The Hall–Kier alpha value is -1.69. The number of aromatic carboxylic acids is 1. The lowest BCUT2D eigenvalue weighted by Gasteiger charge is -2.34. The third-order valence-corrected chi connectivity index (χ3v) is 4.07. The first kappa shape index (κ1) is 13.3. The Kier molecular flexibility index (Phi) is 3.56. The minimum Gasteiger partial charge on any atom is -0.478 e. The maximum atomic E-state index is 11.0. The fourth-order valence-corrected chi connectivity index (χ4v) is 2.61. The van der Waals surface area contributed by atoms with Crippen LogP contribution in [0.5, 0.6) is 0 Å². The van der Waals surface area contributed by atoms with Crippen molar-refractivity contribution in [1.29, 1.82) is 0 Å². The van der Waals surface area contributed by atoms with E-state index in [9.17, 15) is 4.79 Å². The van der Waals surface area contributed by atoms with Gasteiger partial charge in [0.1, 0.15) is 0 Å². The summed E-state index contributed by atoms with van der Waals surface area (Å²) in [7, 11) is 0. The number of carboxylic acids is 1. The highest BCUT2D eigenvalue weighted by Gasteiger charge is 2.27. The van der Waals surface area contributed by atoms with Gasteiger partial charge < -0.3 is 10.0 Å². The Labute approximate surface area is 118 Å². The van der Waals surface area contributed by atoms with Gasteiger partial charge in [0.05, 0.1) is 11.3 Å². The molecule has 0 radical (unpaired) electrons. The van der Waals surface area contributed by atoms with Crippen LogP contribution in [0.15, 0.2) is 6.20 Å². The predicted octanol–water partition coefficient (Wildman–Crippen LogP) is 1.02. The van der Waals surface area contributed by atoms with Crippen molar-refractivity contribution in [3.8, 4) is 0 Å². The topological polar surface area (TPSA) is 69.6 Å². The van der Waals surface area contributed by atoms with Gasteiger partial charge in [-0.05, 0) is 25.7 Å². The number of anilines is 1. The Morgan fingerprint density at radius 2 is 2.05 bits per heavy atom. The number of hydrogen-bond acceptors (Lipinski definition) is 5. The summed E-state index contributed by atoms with van der Waals surface area (Å²) >= 11 is 0. The molecule has 1 aromatic heterocycles. The van der Waals surface area contributed by atoms with Gasteiger partial charge in [-0.15, -0.1) is 0 Å². The molecule has 2 fully saturated rings. The molecule has 0 unspecified atom stereocenters. The lowest BCUT2D eigenvalue weighted by molar-refractivity contribution is 0.0695. The first-order chi connectivity index (χ1) is 9.63. The van der Waals surface area contributed by atoms with Gasteiger partial charge in [-0.2, -0.15) is 0 Å². The predicted molar refractivity (Wildman–Crippen MR) is 75.1 cm³/mol. The standard InChI is InChI=1S/C14H20N4O2/c1-10-12(13(19)20)8-15-14(16-10)18-6-4-17(5-7-18)9-11-2-3-11/h8,11H,2-7,9H2,1H3,(H,19,20). The number of aryl methyl sites for hydroxylation is 1. The van der Waals surface area contributed by atoms with Crippen LogP contribution in [0.1, 0.15) is 28.9 Å². The van der Waals surface area contributed by atoms with E-state index in [4.69, 9.17) is 5.11 Å². The molecule has 0 aromatic carbocycles. The number of hydrogen-bond donors (Lipinski definition) is 1. The van der Waals surface area contributed by atoms with E-state index in [1.54, 1.807) is 6.92 Å². The molecule has 6 nitrogen and oxygen atoms in total. The van der Waals surface area contributed by atoms with Gasteiger partial charge in [0, 0.05) is 38.9 Å². The third-order valence-electron chi connectivity index (χ3n) is 4.07. The summed E-state index contributed by atoms with van der Waals surface area (Å²) in [5, 5.41) is 8.99. The lowest BCUT2D eigenvalue weighted by atomic mass is 10.2. The van der Waals surface area contributed by atoms with Crippen LogP contribution in [0.25, 0.3) is 0 Å². The van der Waals surface area contributed by atoms with E-state index in [0.29, 0.717) is 11.6 Å². The molecule has 3 rings (SSSR count). The molecule has 0 spiro atoms. The van der Waals surface area contributed by atoms with Crippen molar-refractivity contribution >= 4 is 11.9 Å². The molecular weight excluding hydrogens is 256 g/mol. The molecular formula is C14H20N4O2. The smallest absolute Gasteiger partial charge is 0.339 e. The minimum absolute atomic E-state index is 0.182. The molecule has 1 N–H and O–H groups in total. The number of nitrogens with zero attached hydrogens (tertiary/aromatic N) is 4. The fourth-order valence-electron chi connectivity index (χ4n) is 2.61. The Morgan fingerprint density at radius 1 is 1.35 bits per heavy atom. The summed E-state index contributed by atoms with van der Waals surface area (Å²) in [6, 6.07) is 0. The molecule has 1 aromatic rings. The molecule has 0 amide bonds. The number of rotatable bonds is 4. The van der Waals surface area contributed by atoms with Crippen LogP contribution in [0.3, 0.4) is 0 Å². The van der Waals surface area contributed by atoms with Crippen LogP contribution >= 0.6 is 0 Å². The van der Waals surface area contributed by atoms with Gasteiger partial charge >= 0.3 is 5.97 Å². The van der Waals surface area contributed by atoms with Crippen LogP contribution in [-0.2, 0) is 0 Å². The molecule has 1 saturated heterocycles. The van der Waals surface area contributed by atoms with Gasteiger partial charge in [0.15, 0.2) is 0 Å². The fraction of sp³-hybridized carbons (Fsp3) is 0.643. The average molecular weight is 276 g/mol. The summed E-state index contributed by atoms with van der Waals surface area (Å²) < 4.78 is 0. The SMILES string of the molecule is Cc1nc(N2CCN(CC3CC3)CC2)ncc1C(=O)O. The second-order valence-corrected chi connectivity index (χ2v) is 5.71. The summed E-state index contributed by atoms with van der Waals surface area (Å²) in [4.78, 5) is 24.1. The zero-order valence-electron chi connectivity index (χ0n) is 11.7. The van der Waals surface area contributed by atoms with Crippen molar-refractivity contribution < 1.29 is 9.90 Å². The van der Waals surface area contributed by atoms with E-state index in [-0.39, 0.29) is 5.56 Å².